The minimum absolute atomic E-state index is 0.968. The summed E-state index contributed by atoms with van der Waals surface area (Å²) in [5.41, 5.74) is 4.23. The molecule has 102 valence electrons. The van der Waals surface area contributed by atoms with Crippen molar-refractivity contribution in [3.8, 4) is 0 Å². The van der Waals surface area contributed by atoms with Crippen molar-refractivity contribution in [2.75, 3.05) is 0 Å². The summed E-state index contributed by atoms with van der Waals surface area (Å²) in [7, 11) is 0. The summed E-state index contributed by atoms with van der Waals surface area (Å²) >= 11 is 2.33. The van der Waals surface area contributed by atoms with Crippen molar-refractivity contribution in [1.82, 2.24) is 0 Å². The Morgan fingerprint density at radius 3 is 1.95 bits per heavy atom. The molecule has 3 aromatic carbocycles. The van der Waals surface area contributed by atoms with Crippen molar-refractivity contribution in [1.29, 1.82) is 0 Å². The van der Waals surface area contributed by atoms with Gasteiger partial charge < -0.3 is 0 Å². The molecular weight excluding hydrogens is 369 g/mol. The zero-order valence-corrected chi connectivity index (χ0v) is 13.6. The van der Waals surface area contributed by atoms with Crippen LogP contribution in [0.25, 0.3) is 0 Å². The van der Waals surface area contributed by atoms with E-state index in [1.54, 1.807) is 0 Å². The molecule has 0 heterocycles. The molecule has 0 radical (unpaired) electrons. The van der Waals surface area contributed by atoms with E-state index in [0.29, 0.717) is 0 Å². The average molecular weight is 383 g/mol. The van der Waals surface area contributed by atoms with Crippen molar-refractivity contribution in [2.45, 2.75) is 0 Å². The van der Waals surface area contributed by atoms with Crippen LogP contribution in [0.3, 0.4) is 0 Å². The van der Waals surface area contributed by atoms with Gasteiger partial charge in [0.1, 0.15) is 0 Å². The third-order valence-corrected chi connectivity index (χ3v) is 3.81. The fraction of sp³-hybridized carbons (Fsp3) is 0. The third-order valence-electron chi connectivity index (χ3n) is 3.14. The topological polar surface area (TPSA) is 12.4 Å². The standard InChI is InChI=1S/C19H14IN/c20-17-11-7-10-16(14-17)19(15-8-3-1-4-9-15)21-18-12-5-2-6-13-18/h1-14H/b21-19-. The van der Waals surface area contributed by atoms with Crippen LogP contribution in [0, 0.1) is 3.57 Å². The quantitative estimate of drug-likeness (QED) is 0.421. The zero-order chi connectivity index (χ0) is 14.5. The van der Waals surface area contributed by atoms with E-state index in [0.717, 1.165) is 22.5 Å². The van der Waals surface area contributed by atoms with E-state index in [2.05, 4.69) is 59.0 Å². The van der Waals surface area contributed by atoms with Crippen molar-refractivity contribution >= 4 is 34.0 Å². The Morgan fingerprint density at radius 1 is 0.667 bits per heavy atom. The highest BCUT2D eigenvalue weighted by Crippen LogP contribution is 2.19. The zero-order valence-electron chi connectivity index (χ0n) is 11.4. The highest BCUT2D eigenvalue weighted by Gasteiger charge is 2.07. The van der Waals surface area contributed by atoms with E-state index in [4.69, 9.17) is 4.99 Å². The fourth-order valence-electron chi connectivity index (χ4n) is 2.16. The van der Waals surface area contributed by atoms with Gasteiger partial charge in [-0.05, 0) is 46.9 Å². The Bertz CT molecular complexity index is 749. The molecule has 0 aromatic heterocycles. The second kappa shape index (κ2) is 6.68. The molecule has 2 heteroatoms. The SMILES string of the molecule is Ic1cccc(/C(=N\c2ccccc2)c2ccccc2)c1. The maximum Gasteiger partial charge on any atom is 0.0781 e. The van der Waals surface area contributed by atoms with Crippen LogP contribution >= 0.6 is 22.6 Å². The lowest BCUT2D eigenvalue weighted by Crippen LogP contribution is -2.03. The predicted octanol–water partition coefficient (Wildman–Crippen LogP) is 5.46. The van der Waals surface area contributed by atoms with Crippen molar-refractivity contribution in [2.24, 2.45) is 4.99 Å². The first-order valence-corrected chi connectivity index (χ1v) is 7.86. The smallest absolute Gasteiger partial charge is 0.0781 e. The van der Waals surface area contributed by atoms with Crippen molar-refractivity contribution in [3.05, 3.63) is 99.6 Å². The van der Waals surface area contributed by atoms with Gasteiger partial charge in [0.25, 0.3) is 0 Å². The number of rotatable bonds is 3. The molecule has 0 saturated heterocycles. The van der Waals surface area contributed by atoms with Crippen LogP contribution in [0.4, 0.5) is 5.69 Å². The van der Waals surface area contributed by atoms with Crippen LogP contribution in [0.15, 0.2) is 89.9 Å². The summed E-state index contributed by atoms with van der Waals surface area (Å²) in [6.45, 7) is 0. The number of hydrogen-bond acceptors (Lipinski definition) is 1. The van der Waals surface area contributed by atoms with Gasteiger partial charge in [0.2, 0.25) is 0 Å². The number of halogens is 1. The van der Waals surface area contributed by atoms with E-state index in [-0.39, 0.29) is 0 Å². The van der Waals surface area contributed by atoms with E-state index in [9.17, 15) is 0 Å². The van der Waals surface area contributed by atoms with E-state index < -0.39 is 0 Å². The van der Waals surface area contributed by atoms with E-state index >= 15 is 0 Å². The second-order valence-electron chi connectivity index (χ2n) is 4.67. The van der Waals surface area contributed by atoms with Crippen molar-refractivity contribution < 1.29 is 0 Å². The Morgan fingerprint density at radius 2 is 1.29 bits per heavy atom. The van der Waals surface area contributed by atoms with Gasteiger partial charge in [-0.25, -0.2) is 4.99 Å². The summed E-state index contributed by atoms with van der Waals surface area (Å²) in [5.74, 6) is 0. The highest BCUT2D eigenvalue weighted by atomic mass is 127. The number of nitrogens with zero attached hydrogens (tertiary/aromatic N) is 1. The second-order valence-corrected chi connectivity index (χ2v) is 5.92. The summed E-state index contributed by atoms with van der Waals surface area (Å²) in [4.78, 5) is 4.85. The number of para-hydroxylation sites is 1. The molecule has 0 unspecified atom stereocenters. The lowest BCUT2D eigenvalue weighted by atomic mass is 10.0. The van der Waals surface area contributed by atoms with Gasteiger partial charge in [-0.3, -0.25) is 0 Å². The lowest BCUT2D eigenvalue weighted by Gasteiger charge is -2.08. The monoisotopic (exact) mass is 383 g/mol. The largest absolute Gasteiger partial charge is 0.248 e. The molecule has 0 N–H and O–H groups in total. The molecule has 0 saturated carbocycles. The van der Waals surface area contributed by atoms with E-state index in [1.165, 1.54) is 3.57 Å². The van der Waals surface area contributed by atoms with Gasteiger partial charge in [0.15, 0.2) is 0 Å². The van der Waals surface area contributed by atoms with Gasteiger partial charge in [0, 0.05) is 14.7 Å². The maximum absolute atomic E-state index is 4.85. The highest BCUT2D eigenvalue weighted by molar-refractivity contribution is 14.1. The predicted molar refractivity (Wildman–Crippen MR) is 97.3 cm³/mol. The molecule has 0 aliphatic rings. The molecule has 21 heavy (non-hydrogen) atoms. The van der Waals surface area contributed by atoms with Crippen LogP contribution < -0.4 is 0 Å². The summed E-state index contributed by atoms with van der Waals surface area (Å²) in [6.07, 6.45) is 0. The first-order valence-electron chi connectivity index (χ1n) is 6.78. The minimum Gasteiger partial charge on any atom is -0.248 e. The van der Waals surface area contributed by atoms with Gasteiger partial charge in [-0.2, -0.15) is 0 Å². The molecule has 0 aliphatic carbocycles. The molecule has 0 fully saturated rings. The molecule has 0 spiro atoms. The van der Waals surface area contributed by atoms with Gasteiger partial charge in [-0.15, -0.1) is 0 Å². The Labute approximate surface area is 138 Å². The Hall–Kier alpha value is -1.94. The molecule has 0 aliphatic heterocycles. The first-order chi connectivity index (χ1) is 10.3. The maximum atomic E-state index is 4.85. The minimum atomic E-state index is 0.968. The molecule has 0 bridgehead atoms. The number of hydrogen-bond donors (Lipinski definition) is 0. The molecular formula is C19H14IN. The van der Waals surface area contributed by atoms with Crippen LogP contribution in [0.5, 0.6) is 0 Å². The van der Waals surface area contributed by atoms with Crippen LogP contribution in [0.2, 0.25) is 0 Å². The van der Waals surface area contributed by atoms with Gasteiger partial charge in [-0.1, -0.05) is 60.7 Å². The fourth-order valence-corrected chi connectivity index (χ4v) is 2.70. The molecule has 3 aromatic rings. The summed E-state index contributed by atoms with van der Waals surface area (Å²) in [6, 6.07) is 28.8. The molecule has 0 atom stereocenters. The van der Waals surface area contributed by atoms with E-state index in [1.807, 2.05) is 48.5 Å². The third kappa shape index (κ3) is 3.58. The van der Waals surface area contributed by atoms with Gasteiger partial charge in [0.05, 0.1) is 11.4 Å². The average Bonchev–Trinajstić information content (AvgIpc) is 2.54. The Kier molecular flexibility index (Phi) is 4.46. The summed E-state index contributed by atoms with van der Waals surface area (Å²) < 4.78 is 1.21. The first kappa shape index (κ1) is 14.0. The van der Waals surface area contributed by atoms with Crippen LogP contribution in [-0.4, -0.2) is 5.71 Å². The normalized spacial score (nSPS) is 11.4. The van der Waals surface area contributed by atoms with Gasteiger partial charge >= 0.3 is 0 Å². The molecule has 0 amide bonds. The van der Waals surface area contributed by atoms with Crippen LogP contribution in [-0.2, 0) is 0 Å². The molecule has 1 nitrogen and oxygen atoms in total. The lowest BCUT2D eigenvalue weighted by molar-refractivity contribution is 1.47. The van der Waals surface area contributed by atoms with Crippen LogP contribution in [0.1, 0.15) is 11.1 Å². The Balaban J connectivity index is 2.14. The molecule has 3 rings (SSSR count). The number of benzene rings is 3. The van der Waals surface area contributed by atoms with Crippen molar-refractivity contribution in [3.63, 3.8) is 0 Å². The number of aliphatic imine (C=N–C) groups is 1. The summed E-state index contributed by atoms with van der Waals surface area (Å²) in [5, 5.41) is 0.